The fourth-order valence-electron chi connectivity index (χ4n) is 1.84. The molecule has 2 N–H and O–H groups in total. The first-order valence-electron chi connectivity index (χ1n) is 5.10. The number of hydrogen-bond donors (Lipinski definition) is 1. The zero-order valence-electron chi connectivity index (χ0n) is 7.66. The Labute approximate surface area is 78.2 Å². The van der Waals surface area contributed by atoms with E-state index in [1.165, 1.54) is 36.9 Å². The number of nitrogens with zero attached hydrogens (tertiary/aromatic N) is 1. The minimum atomic E-state index is 0.714. The summed E-state index contributed by atoms with van der Waals surface area (Å²) in [7, 11) is 0. The molecule has 3 rings (SSSR count). The molecule has 13 heavy (non-hydrogen) atoms. The molecule has 0 unspecified atom stereocenters. The van der Waals surface area contributed by atoms with Gasteiger partial charge in [-0.05, 0) is 49.3 Å². The van der Waals surface area contributed by atoms with E-state index in [-0.39, 0.29) is 0 Å². The second-order valence-electron chi connectivity index (χ2n) is 4.30. The van der Waals surface area contributed by atoms with E-state index in [2.05, 4.69) is 11.1 Å². The molecule has 1 heterocycles. The fraction of sp³-hybridized carbons (Fsp3) is 0.545. The maximum Gasteiger partial charge on any atom is 0.123 e. The van der Waals surface area contributed by atoms with Crippen molar-refractivity contribution in [3.8, 4) is 0 Å². The summed E-state index contributed by atoms with van der Waals surface area (Å²) in [5.74, 6) is 2.23. The van der Waals surface area contributed by atoms with E-state index in [0.29, 0.717) is 5.82 Å². The smallest absolute Gasteiger partial charge is 0.123 e. The summed E-state index contributed by atoms with van der Waals surface area (Å²) >= 11 is 0. The molecule has 0 aliphatic heterocycles. The molecule has 68 valence electrons. The molecule has 1 aromatic heterocycles. The Morgan fingerprint density at radius 3 is 2.38 bits per heavy atom. The first-order chi connectivity index (χ1) is 6.33. The molecule has 2 aliphatic carbocycles. The van der Waals surface area contributed by atoms with Gasteiger partial charge in [0, 0.05) is 11.6 Å². The molecule has 0 saturated heterocycles. The molecule has 1 aromatic rings. The molecule has 2 heteroatoms. The topological polar surface area (TPSA) is 38.9 Å². The van der Waals surface area contributed by atoms with Gasteiger partial charge in [0.25, 0.3) is 0 Å². The Hall–Kier alpha value is -1.05. The average molecular weight is 174 g/mol. The molecular weight excluding hydrogens is 160 g/mol. The van der Waals surface area contributed by atoms with Crippen LogP contribution in [0.1, 0.15) is 48.8 Å². The highest BCUT2D eigenvalue weighted by Gasteiger charge is 2.29. The highest BCUT2D eigenvalue weighted by atomic mass is 14.8. The van der Waals surface area contributed by atoms with Crippen molar-refractivity contribution < 1.29 is 0 Å². The van der Waals surface area contributed by atoms with Crippen LogP contribution in [0.25, 0.3) is 0 Å². The molecule has 2 fully saturated rings. The maximum atomic E-state index is 5.78. The second kappa shape index (κ2) is 2.47. The lowest BCUT2D eigenvalue weighted by Crippen LogP contribution is -1.96. The van der Waals surface area contributed by atoms with Crippen LogP contribution in [0.4, 0.5) is 5.82 Å². The van der Waals surface area contributed by atoms with Gasteiger partial charge in [-0.3, -0.25) is 0 Å². The van der Waals surface area contributed by atoms with Crippen LogP contribution in [0.5, 0.6) is 0 Å². The van der Waals surface area contributed by atoms with E-state index in [1.807, 2.05) is 6.07 Å². The number of rotatable bonds is 2. The number of nitrogen functional groups attached to an aromatic ring is 1. The molecule has 2 nitrogen and oxygen atoms in total. The number of pyridine rings is 1. The average Bonchev–Trinajstić information content (AvgIpc) is 2.98. The standard InChI is InChI=1S/C11H14N2/c12-11-6-9(7-1-2-7)5-10(13-11)8-3-4-8/h5-8H,1-4H2,(H2,12,13). The van der Waals surface area contributed by atoms with Gasteiger partial charge in [-0.15, -0.1) is 0 Å². The van der Waals surface area contributed by atoms with Crippen molar-refractivity contribution in [3.63, 3.8) is 0 Å². The summed E-state index contributed by atoms with van der Waals surface area (Å²) in [6.45, 7) is 0. The monoisotopic (exact) mass is 174 g/mol. The third kappa shape index (κ3) is 1.41. The van der Waals surface area contributed by atoms with Crippen LogP contribution in [0.2, 0.25) is 0 Å². The van der Waals surface area contributed by atoms with E-state index < -0.39 is 0 Å². The molecule has 0 spiro atoms. The molecule has 0 aromatic carbocycles. The van der Waals surface area contributed by atoms with Gasteiger partial charge in [-0.1, -0.05) is 0 Å². The van der Waals surface area contributed by atoms with E-state index in [9.17, 15) is 0 Å². The van der Waals surface area contributed by atoms with Gasteiger partial charge in [-0.25, -0.2) is 4.98 Å². The van der Waals surface area contributed by atoms with Crippen molar-refractivity contribution in [3.05, 3.63) is 23.4 Å². The van der Waals surface area contributed by atoms with Gasteiger partial charge in [0.05, 0.1) is 0 Å². The summed E-state index contributed by atoms with van der Waals surface area (Å²) in [4.78, 5) is 4.38. The van der Waals surface area contributed by atoms with E-state index in [4.69, 9.17) is 5.73 Å². The Bertz CT molecular complexity index is 308. The third-order valence-electron chi connectivity index (χ3n) is 2.93. The minimum Gasteiger partial charge on any atom is -0.384 e. The van der Waals surface area contributed by atoms with Gasteiger partial charge in [-0.2, -0.15) is 0 Å². The maximum absolute atomic E-state index is 5.78. The van der Waals surface area contributed by atoms with Crippen molar-refractivity contribution in [2.75, 3.05) is 5.73 Å². The Kier molecular flexibility index (Phi) is 1.40. The first kappa shape index (κ1) is 7.36. The second-order valence-corrected chi connectivity index (χ2v) is 4.30. The largest absolute Gasteiger partial charge is 0.384 e. The highest BCUT2D eigenvalue weighted by molar-refractivity contribution is 5.40. The first-order valence-corrected chi connectivity index (χ1v) is 5.10. The molecule has 0 radical (unpaired) electrons. The predicted octanol–water partition coefficient (Wildman–Crippen LogP) is 2.42. The molecule has 2 aliphatic rings. The van der Waals surface area contributed by atoms with Crippen LogP contribution in [-0.4, -0.2) is 4.98 Å². The van der Waals surface area contributed by atoms with Crippen molar-refractivity contribution in [2.45, 2.75) is 37.5 Å². The number of hydrogen-bond acceptors (Lipinski definition) is 2. The van der Waals surface area contributed by atoms with Crippen LogP contribution >= 0.6 is 0 Å². The number of nitrogens with two attached hydrogens (primary N) is 1. The van der Waals surface area contributed by atoms with E-state index in [0.717, 1.165) is 11.8 Å². The molecule has 0 atom stereocenters. The van der Waals surface area contributed by atoms with Crippen molar-refractivity contribution in [1.82, 2.24) is 4.98 Å². The van der Waals surface area contributed by atoms with Crippen molar-refractivity contribution in [2.24, 2.45) is 0 Å². The normalized spacial score (nSPS) is 21.8. The molecule has 0 bridgehead atoms. The van der Waals surface area contributed by atoms with Crippen molar-refractivity contribution >= 4 is 5.82 Å². The van der Waals surface area contributed by atoms with Crippen LogP contribution in [-0.2, 0) is 0 Å². The zero-order chi connectivity index (χ0) is 8.84. The summed E-state index contributed by atoms with van der Waals surface area (Å²) in [5, 5.41) is 0. The van der Waals surface area contributed by atoms with Gasteiger partial charge in [0.1, 0.15) is 5.82 Å². The summed E-state index contributed by atoms with van der Waals surface area (Å²) in [6.07, 6.45) is 5.29. The van der Waals surface area contributed by atoms with Gasteiger partial charge in [0.15, 0.2) is 0 Å². The predicted molar refractivity (Wildman–Crippen MR) is 52.6 cm³/mol. The van der Waals surface area contributed by atoms with Gasteiger partial charge < -0.3 is 5.73 Å². The lowest BCUT2D eigenvalue weighted by atomic mass is 10.1. The number of aromatic nitrogens is 1. The van der Waals surface area contributed by atoms with Crippen LogP contribution in [0.15, 0.2) is 12.1 Å². The minimum absolute atomic E-state index is 0.714. The lowest BCUT2D eigenvalue weighted by Gasteiger charge is -2.03. The number of anilines is 1. The Morgan fingerprint density at radius 1 is 1.08 bits per heavy atom. The zero-order valence-corrected chi connectivity index (χ0v) is 7.66. The molecule has 0 amide bonds. The van der Waals surface area contributed by atoms with Gasteiger partial charge >= 0.3 is 0 Å². The lowest BCUT2D eigenvalue weighted by molar-refractivity contribution is 0.998. The molecular formula is C11H14N2. The van der Waals surface area contributed by atoms with E-state index in [1.54, 1.807) is 0 Å². The SMILES string of the molecule is Nc1cc(C2CC2)cc(C2CC2)n1. The van der Waals surface area contributed by atoms with Crippen LogP contribution < -0.4 is 5.73 Å². The third-order valence-corrected chi connectivity index (χ3v) is 2.93. The van der Waals surface area contributed by atoms with Gasteiger partial charge in [0.2, 0.25) is 0 Å². The summed E-state index contributed by atoms with van der Waals surface area (Å²) < 4.78 is 0. The fourth-order valence-corrected chi connectivity index (χ4v) is 1.84. The quantitative estimate of drug-likeness (QED) is 0.747. The molecule has 2 saturated carbocycles. The Balaban J connectivity index is 1.99. The highest BCUT2D eigenvalue weighted by Crippen LogP contribution is 2.44. The summed E-state index contributed by atoms with van der Waals surface area (Å²) in [6, 6.07) is 4.31. The van der Waals surface area contributed by atoms with Crippen molar-refractivity contribution in [1.29, 1.82) is 0 Å². The Morgan fingerprint density at radius 2 is 1.77 bits per heavy atom. The summed E-state index contributed by atoms with van der Waals surface area (Å²) in [5.41, 5.74) is 8.44. The van der Waals surface area contributed by atoms with Crippen LogP contribution in [0, 0.1) is 0 Å². The van der Waals surface area contributed by atoms with E-state index >= 15 is 0 Å². The van der Waals surface area contributed by atoms with Crippen LogP contribution in [0.3, 0.4) is 0 Å².